The predicted molar refractivity (Wildman–Crippen MR) is 115 cm³/mol. The molecule has 14 nitrogen and oxygen atoms in total. The molecule has 14 heteroatoms. The Bertz CT molecular complexity index is 1030. The first-order chi connectivity index (χ1) is 16.2. The Labute approximate surface area is 205 Å². The summed E-state index contributed by atoms with van der Waals surface area (Å²) < 4.78 is 23.7. The van der Waals surface area contributed by atoms with Gasteiger partial charge in [0.1, 0.15) is 0 Å². The molecule has 1 aliphatic heterocycles. The number of aliphatic hydroxyl groups excluding tert-OH is 1. The van der Waals surface area contributed by atoms with E-state index in [2.05, 4.69) is 35.8 Å². The van der Waals surface area contributed by atoms with E-state index in [1.807, 2.05) is 0 Å². The minimum atomic E-state index is -4.35. The predicted octanol–water partition coefficient (Wildman–Crippen LogP) is -1.43. The van der Waals surface area contributed by atoms with Crippen molar-refractivity contribution in [1.82, 2.24) is 0 Å². The molecule has 1 fully saturated rings. The van der Waals surface area contributed by atoms with Crippen LogP contribution in [0.2, 0.25) is 0 Å². The minimum absolute atomic E-state index is 0.425. The van der Waals surface area contributed by atoms with Crippen molar-refractivity contribution >= 4 is 23.9 Å². The minimum Gasteiger partial charge on any atom is -0.419 e. The van der Waals surface area contributed by atoms with Gasteiger partial charge in [0.25, 0.3) is 0 Å². The highest BCUT2D eigenvalue weighted by atomic mass is 16.9. The van der Waals surface area contributed by atoms with E-state index in [0.29, 0.717) is 0 Å². The van der Waals surface area contributed by atoms with Crippen LogP contribution in [-0.4, -0.2) is 85.5 Å². The van der Waals surface area contributed by atoms with Crippen molar-refractivity contribution in [3.63, 3.8) is 0 Å². The number of hydrogen-bond donors (Lipinski definition) is 5. The number of esters is 4. The van der Waals surface area contributed by atoms with Gasteiger partial charge in [0.15, 0.2) is 6.10 Å². The van der Waals surface area contributed by atoms with Gasteiger partial charge in [0.05, 0.1) is 6.61 Å². The SMILES string of the molecule is C=C(C)C(=O)OC1(O)O[C@H](CO)[C@](O)(OC(=O)C(=C)C)[C@](O)(OC(=O)C(=C)C)[C@@]1(O)OC(=O)C(=C)C. The molecular formula is C22H28O14. The molecule has 0 aromatic carbocycles. The third-order valence-corrected chi connectivity index (χ3v) is 4.63. The van der Waals surface area contributed by atoms with Crippen molar-refractivity contribution in [1.29, 1.82) is 0 Å². The highest BCUT2D eigenvalue weighted by molar-refractivity contribution is 5.90. The van der Waals surface area contributed by atoms with Crippen LogP contribution < -0.4 is 0 Å². The number of aliphatic hydroxyl groups is 5. The van der Waals surface area contributed by atoms with Gasteiger partial charge in [0.2, 0.25) is 0 Å². The average molecular weight is 516 g/mol. The van der Waals surface area contributed by atoms with Crippen LogP contribution in [0.15, 0.2) is 48.6 Å². The average Bonchev–Trinajstić information content (AvgIpc) is 2.75. The summed E-state index contributed by atoms with van der Waals surface area (Å²) in [4.78, 5) is 49.4. The number of hydrogen-bond acceptors (Lipinski definition) is 14. The summed E-state index contributed by atoms with van der Waals surface area (Å²) >= 11 is 0. The van der Waals surface area contributed by atoms with Crippen molar-refractivity contribution in [2.75, 3.05) is 6.61 Å². The van der Waals surface area contributed by atoms with Crippen molar-refractivity contribution in [2.45, 2.75) is 57.1 Å². The summed E-state index contributed by atoms with van der Waals surface area (Å²) in [5.74, 6) is -22.9. The third kappa shape index (κ3) is 5.09. The Morgan fingerprint density at radius 2 is 1.00 bits per heavy atom. The van der Waals surface area contributed by atoms with Crippen molar-refractivity contribution in [3.05, 3.63) is 48.6 Å². The van der Waals surface area contributed by atoms with E-state index >= 15 is 0 Å². The number of rotatable bonds is 9. The van der Waals surface area contributed by atoms with Crippen LogP contribution >= 0.6 is 0 Å². The Balaban J connectivity index is 4.12. The zero-order valence-electron chi connectivity index (χ0n) is 20.0. The Hall–Kier alpha value is -3.40. The molecule has 36 heavy (non-hydrogen) atoms. The Morgan fingerprint density at radius 1 is 0.667 bits per heavy atom. The van der Waals surface area contributed by atoms with Crippen LogP contribution in [0.5, 0.6) is 0 Å². The van der Waals surface area contributed by atoms with Gasteiger partial charge in [-0.25, -0.2) is 19.2 Å². The van der Waals surface area contributed by atoms with Crippen LogP contribution in [0.1, 0.15) is 27.7 Å². The zero-order valence-corrected chi connectivity index (χ0v) is 20.0. The van der Waals surface area contributed by atoms with Gasteiger partial charge < -0.3 is 44.5 Å². The van der Waals surface area contributed by atoms with E-state index in [-0.39, 0.29) is 0 Å². The zero-order chi connectivity index (χ0) is 28.4. The van der Waals surface area contributed by atoms with E-state index < -0.39 is 82.2 Å². The molecule has 0 radical (unpaired) electrons. The molecule has 5 atom stereocenters. The van der Waals surface area contributed by atoms with E-state index in [4.69, 9.17) is 14.2 Å². The number of carbonyl (C=O) groups is 4. The third-order valence-electron chi connectivity index (χ3n) is 4.63. The van der Waals surface area contributed by atoms with Crippen molar-refractivity contribution < 1.29 is 68.4 Å². The maximum absolute atomic E-state index is 12.4. The molecule has 1 aliphatic rings. The molecule has 0 bridgehead atoms. The van der Waals surface area contributed by atoms with Gasteiger partial charge in [-0.2, -0.15) is 0 Å². The van der Waals surface area contributed by atoms with Crippen LogP contribution in [0.25, 0.3) is 0 Å². The second-order valence-corrected chi connectivity index (χ2v) is 8.03. The lowest BCUT2D eigenvalue weighted by Gasteiger charge is -2.57. The molecule has 0 amide bonds. The maximum Gasteiger partial charge on any atom is 0.405 e. The summed E-state index contributed by atoms with van der Waals surface area (Å²) in [5.41, 5.74) is -1.86. The molecule has 0 aliphatic carbocycles. The second kappa shape index (κ2) is 10.3. The maximum atomic E-state index is 12.4. The lowest BCUT2D eigenvalue weighted by Crippen LogP contribution is -2.87. The second-order valence-electron chi connectivity index (χ2n) is 8.03. The summed E-state index contributed by atoms with van der Waals surface area (Å²) in [6.45, 7) is 15.7. The first-order valence-electron chi connectivity index (χ1n) is 9.96. The lowest BCUT2D eigenvalue weighted by atomic mass is 9.85. The molecule has 5 N–H and O–H groups in total. The van der Waals surface area contributed by atoms with Gasteiger partial charge in [-0.05, 0) is 27.7 Å². The van der Waals surface area contributed by atoms with E-state index in [0.717, 1.165) is 27.7 Å². The standard InChI is InChI=1S/C22H28O14/c1-10(2)15(24)33-19(28)14(9-23)32-22(31,36-18(27)13(7)8)21(30,35-17(26)12(5)6)20(19,29)34-16(25)11(3)4/h14,23,28-31H,1,3,5,7,9H2,2,4,6,8H3/t14-,19+,20+,21-,22?/m1/s1. The molecule has 0 aromatic rings. The molecule has 0 spiro atoms. The van der Waals surface area contributed by atoms with E-state index in [9.17, 15) is 44.7 Å². The molecular weight excluding hydrogens is 488 g/mol. The topological polar surface area (TPSA) is 216 Å². The lowest BCUT2D eigenvalue weighted by molar-refractivity contribution is -0.592. The highest BCUT2D eigenvalue weighted by Crippen LogP contribution is 2.52. The molecule has 0 saturated carbocycles. The summed E-state index contributed by atoms with van der Waals surface area (Å²) in [7, 11) is 0. The summed E-state index contributed by atoms with van der Waals surface area (Å²) in [5, 5.41) is 55.1. The monoisotopic (exact) mass is 516 g/mol. The number of carbonyl (C=O) groups excluding carboxylic acids is 4. The largest absolute Gasteiger partial charge is 0.419 e. The van der Waals surface area contributed by atoms with Gasteiger partial charge in [-0.1, -0.05) is 26.3 Å². The van der Waals surface area contributed by atoms with E-state index in [1.54, 1.807) is 0 Å². The molecule has 0 aromatic heterocycles. The first-order valence-corrected chi connectivity index (χ1v) is 9.96. The van der Waals surface area contributed by atoms with Crippen LogP contribution in [0.3, 0.4) is 0 Å². The highest BCUT2D eigenvalue weighted by Gasteiger charge is 2.87. The van der Waals surface area contributed by atoms with Gasteiger partial charge in [-0.15, -0.1) is 0 Å². The van der Waals surface area contributed by atoms with Crippen LogP contribution in [-0.2, 0) is 42.9 Å². The number of ether oxygens (including phenoxy) is 5. The molecule has 1 rings (SSSR count). The van der Waals surface area contributed by atoms with Gasteiger partial charge >= 0.3 is 47.2 Å². The Morgan fingerprint density at radius 3 is 1.36 bits per heavy atom. The smallest absolute Gasteiger partial charge is 0.405 e. The summed E-state index contributed by atoms with van der Waals surface area (Å²) in [6.07, 6.45) is -2.56. The van der Waals surface area contributed by atoms with Gasteiger partial charge in [0, 0.05) is 22.3 Å². The molecule has 1 unspecified atom stereocenters. The molecule has 200 valence electrons. The summed E-state index contributed by atoms with van der Waals surface area (Å²) in [6, 6.07) is 0. The van der Waals surface area contributed by atoms with Crippen molar-refractivity contribution in [2.24, 2.45) is 0 Å². The fourth-order valence-electron chi connectivity index (χ4n) is 2.58. The Kier molecular flexibility index (Phi) is 8.76. The van der Waals surface area contributed by atoms with Crippen molar-refractivity contribution in [3.8, 4) is 0 Å². The van der Waals surface area contributed by atoms with E-state index in [1.165, 1.54) is 0 Å². The molecule has 1 heterocycles. The van der Waals surface area contributed by atoms with Crippen LogP contribution in [0, 0.1) is 0 Å². The fourth-order valence-corrected chi connectivity index (χ4v) is 2.58. The van der Waals surface area contributed by atoms with Gasteiger partial charge in [-0.3, -0.25) is 4.74 Å². The molecule has 1 saturated heterocycles. The fraction of sp³-hybridized carbons (Fsp3) is 0.455. The first kappa shape index (κ1) is 30.6. The quantitative estimate of drug-likeness (QED) is 0.103. The van der Waals surface area contributed by atoms with Crippen LogP contribution in [0.4, 0.5) is 0 Å². The normalized spacial score (nSPS) is 31.4.